The van der Waals surface area contributed by atoms with Crippen molar-refractivity contribution >= 4 is 5.97 Å². The van der Waals surface area contributed by atoms with Crippen molar-refractivity contribution in [2.45, 2.75) is 12.7 Å². The first-order valence-electron chi connectivity index (χ1n) is 6.62. The van der Waals surface area contributed by atoms with Gasteiger partial charge in [0.05, 0.1) is 18.4 Å². The molecule has 0 radical (unpaired) electrons. The number of halogens is 3. The number of carbonyl (C=O) groups excluding carboxylic acids is 1. The minimum atomic E-state index is -4.51. The first-order valence-corrected chi connectivity index (χ1v) is 6.62. The normalized spacial score (nSPS) is 11.3. The molecule has 5 nitrogen and oxygen atoms in total. The number of hydrogen-bond acceptors (Lipinski definition) is 5. The van der Waals surface area contributed by atoms with Gasteiger partial charge in [0, 0.05) is 30.1 Å². The second kappa shape index (κ2) is 6.74. The summed E-state index contributed by atoms with van der Waals surface area (Å²) in [6.07, 6.45) is -2.10. The number of carbonyl (C=O) groups is 1. The monoisotopic (exact) mass is 325 g/mol. The van der Waals surface area contributed by atoms with Gasteiger partial charge in [-0.2, -0.15) is 13.2 Å². The van der Waals surface area contributed by atoms with Crippen LogP contribution >= 0.6 is 0 Å². The lowest BCUT2D eigenvalue weighted by atomic mass is 10.0. The largest absolute Gasteiger partial charge is 0.465 e. The first-order chi connectivity index (χ1) is 10.9. The molecule has 2 heterocycles. The Hall–Kier alpha value is -2.48. The summed E-state index contributed by atoms with van der Waals surface area (Å²) in [4.78, 5) is 19.4. The topological polar surface area (TPSA) is 64.1 Å². The average Bonchev–Trinajstić information content (AvgIpc) is 2.54. The predicted octanol–water partition coefficient (Wildman–Crippen LogP) is 2.67. The minimum absolute atomic E-state index is 0.161. The molecule has 122 valence electrons. The SMILES string of the molecule is CNCc1cc(-c2ccc(C(F)(F)F)nc2)c(C(=O)OC)cn1. The number of alkyl halides is 3. The fourth-order valence-electron chi connectivity index (χ4n) is 2.01. The van der Waals surface area contributed by atoms with Crippen LogP contribution in [0.1, 0.15) is 21.7 Å². The lowest BCUT2D eigenvalue weighted by Gasteiger charge is -2.11. The van der Waals surface area contributed by atoms with Gasteiger partial charge in [0.15, 0.2) is 0 Å². The number of pyridine rings is 2. The Bertz CT molecular complexity index is 700. The number of aromatic nitrogens is 2. The summed E-state index contributed by atoms with van der Waals surface area (Å²) >= 11 is 0. The maximum Gasteiger partial charge on any atom is 0.433 e. The highest BCUT2D eigenvalue weighted by Gasteiger charge is 2.32. The van der Waals surface area contributed by atoms with E-state index in [1.165, 1.54) is 19.4 Å². The van der Waals surface area contributed by atoms with Crippen molar-refractivity contribution in [3.05, 3.63) is 47.5 Å². The van der Waals surface area contributed by atoms with Crippen molar-refractivity contribution in [3.63, 3.8) is 0 Å². The van der Waals surface area contributed by atoms with E-state index in [9.17, 15) is 18.0 Å². The molecular weight excluding hydrogens is 311 g/mol. The van der Waals surface area contributed by atoms with E-state index >= 15 is 0 Å². The molecule has 1 N–H and O–H groups in total. The summed E-state index contributed by atoms with van der Waals surface area (Å²) in [5.74, 6) is -0.622. The number of hydrogen-bond donors (Lipinski definition) is 1. The highest BCUT2D eigenvalue weighted by Crippen LogP contribution is 2.30. The van der Waals surface area contributed by atoms with Crippen LogP contribution in [0.2, 0.25) is 0 Å². The Kier molecular flexibility index (Phi) is 4.95. The van der Waals surface area contributed by atoms with Crippen LogP contribution in [0.3, 0.4) is 0 Å². The number of nitrogens with zero attached hydrogens (tertiary/aromatic N) is 2. The highest BCUT2D eigenvalue weighted by atomic mass is 19.4. The Morgan fingerprint density at radius 3 is 2.52 bits per heavy atom. The molecule has 2 aromatic rings. The molecule has 0 saturated carbocycles. The van der Waals surface area contributed by atoms with Crippen molar-refractivity contribution < 1.29 is 22.7 Å². The van der Waals surface area contributed by atoms with Gasteiger partial charge in [0.1, 0.15) is 5.69 Å². The first kappa shape index (κ1) is 16.9. The third-order valence-corrected chi connectivity index (χ3v) is 3.09. The van der Waals surface area contributed by atoms with Crippen molar-refractivity contribution in [3.8, 4) is 11.1 Å². The molecule has 23 heavy (non-hydrogen) atoms. The quantitative estimate of drug-likeness (QED) is 0.876. The Morgan fingerprint density at radius 1 is 1.26 bits per heavy atom. The second-order valence-corrected chi connectivity index (χ2v) is 4.67. The Balaban J connectivity index is 2.50. The zero-order valence-corrected chi connectivity index (χ0v) is 12.4. The summed E-state index contributed by atoms with van der Waals surface area (Å²) in [5, 5.41) is 2.91. The predicted molar refractivity (Wildman–Crippen MR) is 76.6 cm³/mol. The van der Waals surface area contributed by atoms with Crippen LogP contribution in [0.25, 0.3) is 11.1 Å². The average molecular weight is 325 g/mol. The van der Waals surface area contributed by atoms with Gasteiger partial charge in [0.25, 0.3) is 0 Å². The van der Waals surface area contributed by atoms with Crippen LogP contribution in [-0.4, -0.2) is 30.1 Å². The van der Waals surface area contributed by atoms with E-state index in [0.29, 0.717) is 23.4 Å². The fourth-order valence-corrected chi connectivity index (χ4v) is 2.01. The second-order valence-electron chi connectivity index (χ2n) is 4.67. The zero-order chi connectivity index (χ0) is 17.0. The van der Waals surface area contributed by atoms with Crippen molar-refractivity contribution in [1.82, 2.24) is 15.3 Å². The van der Waals surface area contributed by atoms with E-state index in [2.05, 4.69) is 20.0 Å². The molecule has 0 amide bonds. The number of ether oxygens (including phenoxy) is 1. The molecule has 0 aromatic carbocycles. The molecular formula is C15H14F3N3O2. The molecule has 0 saturated heterocycles. The number of rotatable bonds is 4. The molecule has 2 aromatic heterocycles. The number of methoxy groups -OCH3 is 1. The fraction of sp³-hybridized carbons (Fsp3) is 0.267. The molecule has 0 fully saturated rings. The molecule has 0 aliphatic rings. The lowest BCUT2D eigenvalue weighted by Crippen LogP contribution is -2.11. The number of nitrogens with one attached hydrogen (secondary N) is 1. The molecule has 2 rings (SSSR count). The standard InChI is InChI=1S/C15H14F3N3O2/c1-19-7-10-5-11(12(8-20-10)14(22)23-2)9-3-4-13(21-6-9)15(16,17)18/h3-6,8,19H,7H2,1-2H3. The highest BCUT2D eigenvalue weighted by molar-refractivity contribution is 5.96. The Morgan fingerprint density at radius 2 is 2.00 bits per heavy atom. The van der Waals surface area contributed by atoms with Crippen molar-refractivity contribution in [1.29, 1.82) is 0 Å². The van der Waals surface area contributed by atoms with Gasteiger partial charge in [-0.05, 0) is 19.2 Å². The maximum atomic E-state index is 12.6. The summed E-state index contributed by atoms with van der Waals surface area (Å²) < 4.78 is 42.5. The molecule has 0 aliphatic heterocycles. The summed E-state index contributed by atoms with van der Waals surface area (Å²) in [6.45, 7) is 0.447. The van der Waals surface area contributed by atoms with Gasteiger partial charge in [-0.15, -0.1) is 0 Å². The van der Waals surface area contributed by atoms with E-state index in [4.69, 9.17) is 0 Å². The van der Waals surface area contributed by atoms with Gasteiger partial charge >= 0.3 is 12.1 Å². The maximum absolute atomic E-state index is 12.6. The molecule has 0 bridgehead atoms. The smallest absolute Gasteiger partial charge is 0.433 e. The van der Waals surface area contributed by atoms with Crippen LogP contribution in [0.4, 0.5) is 13.2 Å². The third kappa shape index (κ3) is 3.84. The van der Waals surface area contributed by atoms with Gasteiger partial charge in [-0.3, -0.25) is 9.97 Å². The van der Waals surface area contributed by atoms with E-state index in [1.807, 2.05) is 0 Å². The van der Waals surface area contributed by atoms with E-state index < -0.39 is 17.8 Å². The lowest BCUT2D eigenvalue weighted by molar-refractivity contribution is -0.141. The number of esters is 1. The van der Waals surface area contributed by atoms with Gasteiger partial charge in [0.2, 0.25) is 0 Å². The van der Waals surface area contributed by atoms with Crippen LogP contribution in [0.15, 0.2) is 30.6 Å². The minimum Gasteiger partial charge on any atom is -0.465 e. The van der Waals surface area contributed by atoms with E-state index in [-0.39, 0.29) is 5.56 Å². The molecule has 8 heteroatoms. The van der Waals surface area contributed by atoms with Crippen LogP contribution in [0, 0.1) is 0 Å². The summed E-state index contributed by atoms with van der Waals surface area (Å²) in [7, 11) is 2.95. The van der Waals surface area contributed by atoms with Gasteiger partial charge < -0.3 is 10.1 Å². The van der Waals surface area contributed by atoms with Crippen LogP contribution < -0.4 is 5.32 Å². The van der Waals surface area contributed by atoms with E-state index in [1.54, 1.807) is 13.1 Å². The Labute approximate surface area is 130 Å². The zero-order valence-electron chi connectivity index (χ0n) is 12.4. The molecule has 0 unspecified atom stereocenters. The van der Waals surface area contributed by atoms with E-state index in [0.717, 1.165) is 12.3 Å². The summed E-state index contributed by atoms with van der Waals surface area (Å²) in [6, 6.07) is 3.75. The summed E-state index contributed by atoms with van der Waals surface area (Å²) in [5.41, 5.74) is 0.589. The van der Waals surface area contributed by atoms with Crippen LogP contribution in [-0.2, 0) is 17.5 Å². The van der Waals surface area contributed by atoms with Crippen molar-refractivity contribution in [2.24, 2.45) is 0 Å². The molecule has 0 spiro atoms. The van der Waals surface area contributed by atoms with Gasteiger partial charge in [-0.25, -0.2) is 4.79 Å². The molecule has 0 aliphatic carbocycles. The third-order valence-electron chi connectivity index (χ3n) is 3.09. The van der Waals surface area contributed by atoms with Crippen molar-refractivity contribution in [2.75, 3.05) is 14.2 Å². The van der Waals surface area contributed by atoms with Crippen LogP contribution in [0.5, 0.6) is 0 Å². The molecule has 0 atom stereocenters. The van der Waals surface area contributed by atoms with Gasteiger partial charge in [-0.1, -0.05) is 6.07 Å².